The highest BCUT2D eigenvalue weighted by Gasteiger charge is 2.34. The highest BCUT2D eigenvalue weighted by molar-refractivity contribution is 4.88. The molecular formula is C12H22N2O. The van der Waals surface area contributed by atoms with E-state index in [1.165, 1.54) is 51.7 Å². The Labute approximate surface area is 91.9 Å². The van der Waals surface area contributed by atoms with E-state index >= 15 is 0 Å². The lowest BCUT2D eigenvalue weighted by Crippen LogP contribution is -2.41. The highest BCUT2D eigenvalue weighted by atomic mass is 16.5. The number of nitrogens with one attached hydrogen (secondary N) is 2. The molecule has 0 aromatic carbocycles. The second-order valence-electron chi connectivity index (χ2n) is 5.39. The van der Waals surface area contributed by atoms with Crippen LogP contribution in [0.2, 0.25) is 0 Å². The molecule has 2 unspecified atom stereocenters. The van der Waals surface area contributed by atoms with Crippen LogP contribution in [0.4, 0.5) is 0 Å². The Morgan fingerprint density at radius 2 is 1.93 bits per heavy atom. The molecule has 3 rings (SSSR count). The molecule has 0 saturated carbocycles. The van der Waals surface area contributed by atoms with Gasteiger partial charge in [-0.15, -0.1) is 0 Å². The van der Waals surface area contributed by atoms with Gasteiger partial charge in [0.15, 0.2) is 0 Å². The lowest BCUT2D eigenvalue weighted by atomic mass is 10.0. The van der Waals surface area contributed by atoms with Gasteiger partial charge in [0.25, 0.3) is 0 Å². The fourth-order valence-corrected chi connectivity index (χ4v) is 3.25. The van der Waals surface area contributed by atoms with Crippen LogP contribution in [0.15, 0.2) is 0 Å². The number of rotatable bonds is 3. The van der Waals surface area contributed by atoms with Crippen molar-refractivity contribution in [1.82, 2.24) is 10.6 Å². The van der Waals surface area contributed by atoms with E-state index in [1.54, 1.807) is 0 Å². The third-order valence-corrected chi connectivity index (χ3v) is 4.15. The van der Waals surface area contributed by atoms with Crippen LogP contribution in [0.25, 0.3) is 0 Å². The summed E-state index contributed by atoms with van der Waals surface area (Å²) >= 11 is 0. The summed E-state index contributed by atoms with van der Waals surface area (Å²) in [6.45, 7) is 3.63. The predicted octanol–water partition coefficient (Wildman–Crippen LogP) is 0.895. The van der Waals surface area contributed by atoms with Crippen molar-refractivity contribution in [3.05, 3.63) is 0 Å². The summed E-state index contributed by atoms with van der Waals surface area (Å²) < 4.78 is 5.85. The molecule has 3 saturated heterocycles. The summed E-state index contributed by atoms with van der Waals surface area (Å²) in [7, 11) is 0. The third-order valence-electron chi connectivity index (χ3n) is 4.15. The van der Waals surface area contributed by atoms with Crippen LogP contribution in [-0.2, 0) is 4.74 Å². The van der Waals surface area contributed by atoms with Crippen molar-refractivity contribution in [2.45, 2.75) is 50.4 Å². The van der Waals surface area contributed by atoms with Crippen LogP contribution in [0.5, 0.6) is 0 Å². The maximum atomic E-state index is 5.85. The van der Waals surface area contributed by atoms with Crippen molar-refractivity contribution in [3.63, 3.8) is 0 Å². The quantitative estimate of drug-likeness (QED) is 0.726. The molecule has 0 aliphatic carbocycles. The minimum absolute atomic E-state index is 0.572. The molecule has 2 N–H and O–H groups in total. The molecule has 3 aliphatic rings. The average Bonchev–Trinajstić information content (AvgIpc) is 2.86. The number of ether oxygens (including phenoxy) is 1. The van der Waals surface area contributed by atoms with Crippen LogP contribution in [0, 0.1) is 5.92 Å². The molecule has 3 aliphatic heterocycles. The van der Waals surface area contributed by atoms with Crippen molar-refractivity contribution in [1.29, 1.82) is 0 Å². The first-order chi connectivity index (χ1) is 7.40. The van der Waals surface area contributed by atoms with Gasteiger partial charge in [0.05, 0.1) is 12.2 Å². The predicted molar refractivity (Wildman–Crippen MR) is 59.9 cm³/mol. The van der Waals surface area contributed by atoms with Gasteiger partial charge in [-0.1, -0.05) is 0 Å². The fraction of sp³-hybridized carbons (Fsp3) is 1.00. The Hall–Kier alpha value is -0.120. The monoisotopic (exact) mass is 210 g/mol. The van der Waals surface area contributed by atoms with Gasteiger partial charge in [0.1, 0.15) is 0 Å². The van der Waals surface area contributed by atoms with Crippen LogP contribution >= 0.6 is 0 Å². The molecule has 0 aromatic heterocycles. The average molecular weight is 210 g/mol. The second-order valence-corrected chi connectivity index (χ2v) is 5.39. The summed E-state index contributed by atoms with van der Waals surface area (Å²) in [6, 6.07) is 0.733. The molecule has 0 spiro atoms. The standard InChI is InChI=1S/C12H22N2O/c1-2-12-6-10(5-11(1)15-12)14-8-9-3-4-13-7-9/h9-14H,1-8H2/t9-,10?,11?,12?/m1/s1. The summed E-state index contributed by atoms with van der Waals surface area (Å²) in [5.74, 6) is 0.866. The molecule has 3 heteroatoms. The van der Waals surface area contributed by atoms with Crippen molar-refractivity contribution < 1.29 is 4.74 Å². The van der Waals surface area contributed by atoms with E-state index in [1.807, 2.05) is 0 Å². The number of hydrogen-bond acceptors (Lipinski definition) is 3. The Bertz CT molecular complexity index is 204. The molecule has 3 heterocycles. The Balaban J connectivity index is 1.43. The second kappa shape index (κ2) is 4.40. The van der Waals surface area contributed by atoms with E-state index in [-0.39, 0.29) is 0 Å². The minimum atomic E-state index is 0.572. The van der Waals surface area contributed by atoms with Crippen molar-refractivity contribution in [3.8, 4) is 0 Å². The zero-order valence-corrected chi connectivity index (χ0v) is 9.37. The van der Waals surface area contributed by atoms with Crippen LogP contribution in [0.1, 0.15) is 32.1 Å². The van der Waals surface area contributed by atoms with Crippen molar-refractivity contribution in [2.75, 3.05) is 19.6 Å². The first-order valence-corrected chi connectivity index (χ1v) is 6.49. The molecule has 86 valence electrons. The van der Waals surface area contributed by atoms with E-state index in [0.29, 0.717) is 12.2 Å². The number of fused-ring (bicyclic) bond motifs is 2. The molecule has 3 nitrogen and oxygen atoms in total. The summed E-state index contributed by atoms with van der Waals surface area (Å²) in [4.78, 5) is 0. The van der Waals surface area contributed by atoms with E-state index < -0.39 is 0 Å². The normalized spacial score (nSPS) is 44.8. The topological polar surface area (TPSA) is 33.3 Å². The van der Waals surface area contributed by atoms with Crippen LogP contribution in [0.3, 0.4) is 0 Å². The number of hydrogen-bond donors (Lipinski definition) is 2. The van der Waals surface area contributed by atoms with Gasteiger partial charge < -0.3 is 15.4 Å². The maximum Gasteiger partial charge on any atom is 0.0594 e. The molecule has 0 radical (unpaired) electrons. The molecule has 2 bridgehead atoms. The van der Waals surface area contributed by atoms with Gasteiger partial charge in [0.2, 0.25) is 0 Å². The van der Waals surface area contributed by atoms with Gasteiger partial charge in [-0.2, -0.15) is 0 Å². The van der Waals surface area contributed by atoms with E-state index in [0.717, 1.165) is 12.0 Å². The molecule has 0 amide bonds. The first-order valence-electron chi connectivity index (χ1n) is 6.49. The molecule has 15 heavy (non-hydrogen) atoms. The van der Waals surface area contributed by atoms with Crippen molar-refractivity contribution >= 4 is 0 Å². The summed E-state index contributed by atoms with van der Waals surface area (Å²) in [6.07, 6.45) is 7.59. The summed E-state index contributed by atoms with van der Waals surface area (Å²) in [5, 5.41) is 7.17. The Kier molecular flexibility index (Phi) is 2.95. The van der Waals surface area contributed by atoms with E-state index in [9.17, 15) is 0 Å². The van der Waals surface area contributed by atoms with Crippen LogP contribution in [-0.4, -0.2) is 37.9 Å². The molecule has 3 fully saturated rings. The van der Waals surface area contributed by atoms with Gasteiger partial charge in [0, 0.05) is 6.04 Å². The van der Waals surface area contributed by atoms with Gasteiger partial charge >= 0.3 is 0 Å². The van der Waals surface area contributed by atoms with Crippen molar-refractivity contribution in [2.24, 2.45) is 5.92 Å². The Morgan fingerprint density at radius 1 is 1.13 bits per heavy atom. The van der Waals surface area contributed by atoms with E-state index in [4.69, 9.17) is 4.74 Å². The Morgan fingerprint density at radius 3 is 2.60 bits per heavy atom. The largest absolute Gasteiger partial charge is 0.375 e. The lowest BCUT2D eigenvalue weighted by Gasteiger charge is -2.29. The first kappa shape index (κ1) is 10.1. The third kappa shape index (κ3) is 2.35. The van der Waals surface area contributed by atoms with Crippen LogP contribution < -0.4 is 10.6 Å². The highest BCUT2D eigenvalue weighted by Crippen LogP contribution is 2.32. The maximum absolute atomic E-state index is 5.85. The molecule has 0 aromatic rings. The summed E-state index contributed by atoms with van der Waals surface area (Å²) in [5.41, 5.74) is 0. The zero-order valence-electron chi connectivity index (χ0n) is 9.37. The lowest BCUT2D eigenvalue weighted by molar-refractivity contribution is -0.00905. The zero-order chi connectivity index (χ0) is 10.1. The van der Waals surface area contributed by atoms with Gasteiger partial charge in [-0.05, 0) is 57.7 Å². The smallest absolute Gasteiger partial charge is 0.0594 e. The van der Waals surface area contributed by atoms with Gasteiger partial charge in [-0.3, -0.25) is 0 Å². The minimum Gasteiger partial charge on any atom is -0.375 e. The van der Waals surface area contributed by atoms with E-state index in [2.05, 4.69) is 10.6 Å². The molecular weight excluding hydrogens is 188 g/mol. The fourth-order valence-electron chi connectivity index (χ4n) is 3.25. The molecule has 3 atom stereocenters. The van der Waals surface area contributed by atoms with Gasteiger partial charge in [-0.25, -0.2) is 0 Å². The SMILES string of the molecule is C1C[C@@H](CNC2CC3CCC(C2)O3)CN1.